The largest absolute Gasteiger partial charge is 0.351 e. The molecule has 1 saturated heterocycles. The number of hydrogen-bond acceptors (Lipinski definition) is 5. The molecule has 0 unspecified atom stereocenters. The molecule has 0 atom stereocenters. The van der Waals surface area contributed by atoms with E-state index < -0.39 is 0 Å². The van der Waals surface area contributed by atoms with E-state index in [0.717, 1.165) is 23.2 Å². The van der Waals surface area contributed by atoms with Crippen LogP contribution in [0.25, 0.3) is 0 Å². The Kier molecular flexibility index (Phi) is 2.94. The van der Waals surface area contributed by atoms with Gasteiger partial charge in [-0.3, -0.25) is 4.99 Å². The molecule has 2 rings (SSSR count). The van der Waals surface area contributed by atoms with E-state index in [1.54, 1.807) is 0 Å². The van der Waals surface area contributed by atoms with Crippen LogP contribution in [0.1, 0.15) is 12.8 Å². The number of nitrogens with zero attached hydrogens (tertiary/aromatic N) is 4. The molecule has 2 aliphatic rings. The summed E-state index contributed by atoms with van der Waals surface area (Å²) in [6.07, 6.45) is 2.42. The summed E-state index contributed by atoms with van der Waals surface area (Å²) in [4.78, 5) is 7.38. The van der Waals surface area contributed by atoms with Crippen molar-refractivity contribution in [3.63, 3.8) is 0 Å². The molecule has 0 amide bonds. The lowest BCUT2D eigenvalue weighted by molar-refractivity contribution is 0.530. The summed E-state index contributed by atoms with van der Waals surface area (Å²) >= 11 is 1.48. The minimum atomic E-state index is 0.206. The number of allylic oxidation sites excluding steroid dienone is 1. The third-order valence-corrected chi connectivity index (χ3v) is 3.60. The highest BCUT2D eigenvalue weighted by atomic mass is 32.2. The first-order valence-electron chi connectivity index (χ1n) is 4.85. The molecule has 2 heterocycles. The van der Waals surface area contributed by atoms with Crippen molar-refractivity contribution in [2.45, 2.75) is 12.8 Å². The fraction of sp³-hybridized carbons (Fsp3) is 0.500. The molecule has 0 saturated carbocycles. The van der Waals surface area contributed by atoms with Crippen molar-refractivity contribution >= 4 is 16.9 Å². The Morgan fingerprint density at radius 1 is 1.27 bits per heavy atom. The number of likely N-dealkylation sites (tertiary alicyclic amines) is 1. The van der Waals surface area contributed by atoms with E-state index in [1.165, 1.54) is 24.6 Å². The van der Waals surface area contributed by atoms with Crippen LogP contribution in [0, 0.1) is 22.7 Å². The predicted octanol–water partition coefficient (Wildman–Crippen LogP) is 1.49. The summed E-state index contributed by atoms with van der Waals surface area (Å²) in [5.41, 5.74) is 0.206. The Balaban J connectivity index is 2.08. The van der Waals surface area contributed by atoms with Gasteiger partial charge in [-0.15, -0.1) is 0 Å². The van der Waals surface area contributed by atoms with Gasteiger partial charge in [-0.2, -0.15) is 10.5 Å². The van der Waals surface area contributed by atoms with E-state index in [0.29, 0.717) is 6.54 Å². The zero-order chi connectivity index (χ0) is 10.7. The third kappa shape index (κ3) is 1.98. The van der Waals surface area contributed by atoms with Gasteiger partial charge in [-0.1, -0.05) is 11.8 Å². The van der Waals surface area contributed by atoms with Gasteiger partial charge < -0.3 is 4.90 Å². The van der Waals surface area contributed by atoms with E-state index in [4.69, 9.17) is 10.5 Å². The van der Waals surface area contributed by atoms with Crippen molar-refractivity contribution < 1.29 is 0 Å². The summed E-state index contributed by atoms with van der Waals surface area (Å²) in [5.74, 6) is 0. The maximum absolute atomic E-state index is 8.73. The molecule has 0 bridgehead atoms. The second-order valence-corrected chi connectivity index (χ2v) is 4.48. The zero-order valence-electron chi connectivity index (χ0n) is 8.23. The summed E-state index contributed by atoms with van der Waals surface area (Å²) in [6, 6.07) is 3.82. The maximum atomic E-state index is 8.73. The number of nitriles is 2. The fourth-order valence-electron chi connectivity index (χ4n) is 1.67. The van der Waals surface area contributed by atoms with Gasteiger partial charge in [-0.25, -0.2) is 0 Å². The van der Waals surface area contributed by atoms with Crippen LogP contribution in [0.4, 0.5) is 0 Å². The van der Waals surface area contributed by atoms with Gasteiger partial charge in [0.15, 0.2) is 5.17 Å². The van der Waals surface area contributed by atoms with Crippen LogP contribution in [-0.2, 0) is 0 Å². The number of thioether (sulfide) groups is 1. The standard InChI is InChI=1S/C10H10N4S/c11-5-8(6-12)9-7-13-10(15-9)14-3-1-2-4-14/h1-4,7H2. The molecule has 0 N–H and O–H groups in total. The molecular formula is C10H10N4S. The smallest absolute Gasteiger partial charge is 0.164 e. The highest BCUT2D eigenvalue weighted by Crippen LogP contribution is 2.30. The van der Waals surface area contributed by atoms with Crippen molar-refractivity contribution in [3.8, 4) is 12.1 Å². The van der Waals surface area contributed by atoms with Crippen molar-refractivity contribution in [1.29, 1.82) is 10.5 Å². The maximum Gasteiger partial charge on any atom is 0.164 e. The Hall–Kier alpha value is -1.46. The SMILES string of the molecule is N#CC(C#N)=C1CN=C(N2CCCC2)S1. The lowest BCUT2D eigenvalue weighted by Gasteiger charge is -2.15. The molecule has 15 heavy (non-hydrogen) atoms. The monoisotopic (exact) mass is 218 g/mol. The third-order valence-electron chi connectivity index (χ3n) is 2.45. The molecule has 1 fully saturated rings. The van der Waals surface area contributed by atoms with E-state index in [9.17, 15) is 0 Å². The van der Waals surface area contributed by atoms with Crippen LogP contribution < -0.4 is 0 Å². The van der Waals surface area contributed by atoms with Gasteiger partial charge in [0.1, 0.15) is 17.7 Å². The topological polar surface area (TPSA) is 63.2 Å². The predicted molar refractivity (Wildman–Crippen MR) is 59.0 cm³/mol. The second kappa shape index (κ2) is 4.37. The van der Waals surface area contributed by atoms with E-state index >= 15 is 0 Å². The molecular weight excluding hydrogens is 208 g/mol. The molecule has 2 aliphatic heterocycles. The summed E-state index contributed by atoms with van der Waals surface area (Å²) in [7, 11) is 0. The first-order valence-corrected chi connectivity index (χ1v) is 5.67. The van der Waals surface area contributed by atoms with Gasteiger partial charge in [0.25, 0.3) is 0 Å². The lowest BCUT2D eigenvalue weighted by Crippen LogP contribution is -2.23. The van der Waals surface area contributed by atoms with Crippen LogP contribution in [0.15, 0.2) is 15.5 Å². The molecule has 0 spiro atoms. The highest BCUT2D eigenvalue weighted by molar-refractivity contribution is 8.17. The average molecular weight is 218 g/mol. The van der Waals surface area contributed by atoms with Crippen LogP contribution >= 0.6 is 11.8 Å². The normalized spacial score (nSPS) is 19.7. The van der Waals surface area contributed by atoms with Gasteiger partial charge in [0.05, 0.1) is 6.54 Å². The first-order chi connectivity index (χ1) is 7.35. The minimum absolute atomic E-state index is 0.206. The van der Waals surface area contributed by atoms with Gasteiger partial charge in [-0.05, 0) is 12.8 Å². The summed E-state index contributed by atoms with van der Waals surface area (Å²) in [5, 5.41) is 18.4. The first kappa shape index (κ1) is 10.1. The van der Waals surface area contributed by atoms with Crippen molar-refractivity contribution in [3.05, 3.63) is 10.5 Å². The van der Waals surface area contributed by atoms with Crippen molar-refractivity contribution in [2.24, 2.45) is 4.99 Å². The Labute approximate surface area is 92.9 Å². The summed E-state index contributed by atoms with van der Waals surface area (Å²) < 4.78 is 0. The zero-order valence-corrected chi connectivity index (χ0v) is 9.05. The van der Waals surface area contributed by atoms with Gasteiger partial charge in [0, 0.05) is 18.0 Å². The lowest BCUT2D eigenvalue weighted by atomic mass is 10.3. The van der Waals surface area contributed by atoms with Crippen LogP contribution in [0.3, 0.4) is 0 Å². The van der Waals surface area contributed by atoms with E-state index in [2.05, 4.69) is 9.89 Å². The Morgan fingerprint density at radius 3 is 2.53 bits per heavy atom. The quantitative estimate of drug-likeness (QED) is 0.578. The minimum Gasteiger partial charge on any atom is -0.351 e. The Morgan fingerprint density at radius 2 is 1.93 bits per heavy atom. The number of rotatable bonds is 0. The van der Waals surface area contributed by atoms with E-state index in [-0.39, 0.29) is 5.57 Å². The molecule has 0 aromatic heterocycles. The van der Waals surface area contributed by atoms with Crippen molar-refractivity contribution in [1.82, 2.24) is 4.90 Å². The van der Waals surface area contributed by atoms with Crippen LogP contribution in [0.2, 0.25) is 0 Å². The van der Waals surface area contributed by atoms with Gasteiger partial charge in [0.2, 0.25) is 0 Å². The molecule has 5 heteroatoms. The molecule has 0 aromatic carbocycles. The number of hydrogen-bond donors (Lipinski definition) is 0. The number of amidine groups is 1. The Bertz CT molecular complexity index is 388. The molecule has 4 nitrogen and oxygen atoms in total. The molecule has 0 aliphatic carbocycles. The average Bonchev–Trinajstić information content (AvgIpc) is 2.89. The number of aliphatic imine (C=N–C) groups is 1. The molecule has 76 valence electrons. The molecule has 0 aromatic rings. The van der Waals surface area contributed by atoms with E-state index in [1.807, 2.05) is 12.1 Å². The fourth-order valence-corrected chi connectivity index (χ4v) is 2.65. The molecule has 0 radical (unpaired) electrons. The van der Waals surface area contributed by atoms with Crippen molar-refractivity contribution in [2.75, 3.05) is 19.6 Å². The second-order valence-electron chi connectivity index (χ2n) is 3.42. The van der Waals surface area contributed by atoms with Crippen LogP contribution in [-0.4, -0.2) is 29.7 Å². The van der Waals surface area contributed by atoms with Gasteiger partial charge >= 0.3 is 0 Å². The highest BCUT2D eigenvalue weighted by Gasteiger charge is 2.23. The van der Waals surface area contributed by atoms with Crippen LogP contribution in [0.5, 0.6) is 0 Å². The summed E-state index contributed by atoms with van der Waals surface area (Å²) in [6.45, 7) is 2.59.